The lowest BCUT2D eigenvalue weighted by molar-refractivity contribution is -0.130. The zero-order valence-corrected chi connectivity index (χ0v) is 18.1. The highest BCUT2D eigenvalue weighted by Gasteiger charge is 2.38. The lowest BCUT2D eigenvalue weighted by Gasteiger charge is -2.32. The number of amides is 1. The minimum absolute atomic E-state index is 0.0203. The highest BCUT2D eigenvalue weighted by atomic mass is 35.5. The third kappa shape index (κ3) is 3.91. The Bertz CT molecular complexity index is 1170. The molecule has 0 atom stereocenters. The van der Waals surface area contributed by atoms with Crippen molar-refractivity contribution < 1.29 is 27.5 Å². The van der Waals surface area contributed by atoms with Gasteiger partial charge in [-0.15, -0.1) is 0 Å². The lowest BCUT2D eigenvalue weighted by Crippen LogP contribution is -2.43. The molecular weight excluding hydrogens is 444 g/mol. The van der Waals surface area contributed by atoms with Crippen molar-refractivity contribution in [2.24, 2.45) is 0 Å². The molecule has 0 unspecified atom stereocenters. The number of benzene rings is 2. The Labute approximate surface area is 184 Å². The number of carbonyl (C=O) groups is 2. The van der Waals surface area contributed by atoms with Crippen molar-refractivity contribution in [1.82, 2.24) is 4.90 Å². The number of rotatable bonds is 3. The fourth-order valence-electron chi connectivity index (χ4n) is 3.46. The summed E-state index contributed by atoms with van der Waals surface area (Å²) in [6.07, 6.45) is 1.30. The first-order valence-corrected chi connectivity index (χ1v) is 11.3. The van der Waals surface area contributed by atoms with Crippen LogP contribution in [-0.2, 0) is 24.1 Å². The molecule has 0 saturated carbocycles. The number of carbonyl (C=O) groups excluding carboxylic acids is 2. The van der Waals surface area contributed by atoms with Crippen LogP contribution < -0.4 is 4.90 Å². The fraction of sp³-hybridized carbons (Fsp3) is 0.238. The molecule has 2 aliphatic heterocycles. The number of sulfone groups is 1. The summed E-state index contributed by atoms with van der Waals surface area (Å²) in [6, 6.07) is 10.8. The van der Waals surface area contributed by atoms with Crippen LogP contribution in [-0.4, -0.2) is 58.6 Å². The Morgan fingerprint density at radius 1 is 1.06 bits per heavy atom. The summed E-state index contributed by atoms with van der Waals surface area (Å²) in [5.74, 6) is -1.07. The van der Waals surface area contributed by atoms with Gasteiger partial charge in [0.25, 0.3) is 5.91 Å². The lowest BCUT2D eigenvalue weighted by atomic mass is 10.1. The predicted octanol–water partition coefficient (Wildman–Crippen LogP) is 2.75. The van der Waals surface area contributed by atoms with Crippen LogP contribution in [0.1, 0.15) is 10.4 Å². The minimum Gasteiger partial charge on any atom is -0.465 e. The van der Waals surface area contributed by atoms with E-state index >= 15 is 0 Å². The summed E-state index contributed by atoms with van der Waals surface area (Å²) < 4.78 is 36.5. The fourth-order valence-corrected chi connectivity index (χ4v) is 5.15. The highest BCUT2D eigenvalue weighted by Crippen LogP contribution is 2.41. The standard InChI is InChI=1S/C21H19ClN2O6S/c1-29-21(26)14-2-5-16(6-3-14)24-13-19(20(25)23-8-10-30-11-9-23)31(27,28)18-7-4-15(22)12-17(18)24/h2-7,12-13H,8-11H2,1H3. The van der Waals surface area contributed by atoms with E-state index in [0.717, 1.165) is 0 Å². The smallest absolute Gasteiger partial charge is 0.337 e. The van der Waals surface area contributed by atoms with Crippen molar-refractivity contribution in [3.8, 4) is 0 Å². The first-order chi connectivity index (χ1) is 14.8. The van der Waals surface area contributed by atoms with Crippen molar-refractivity contribution >= 4 is 44.7 Å². The topological polar surface area (TPSA) is 93.2 Å². The molecule has 4 rings (SSSR count). The van der Waals surface area contributed by atoms with Crippen LogP contribution in [0.3, 0.4) is 0 Å². The Morgan fingerprint density at radius 2 is 1.74 bits per heavy atom. The van der Waals surface area contributed by atoms with Crippen molar-refractivity contribution in [2.75, 3.05) is 38.3 Å². The average Bonchev–Trinajstić information content (AvgIpc) is 2.79. The zero-order valence-electron chi connectivity index (χ0n) is 16.6. The Kier molecular flexibility index (Phi) is 5.74. The van der Waals surface area contributed by atoms with Crippen LogP contribution >= 0.6 is 11.6 Å². The number of methoxy groups -OCH3 is 1. The molecule has 162 valence electrons. The van der Waals surface area contributed by atoms with Gasteiger partial charge in [-0.1, -0.05) is 11.6 Å². The van der Waals surface area contributed by atoms with E-state index in [0.29, 0.717) is 48.3 Å². The third-order valence-corrected chi connectivity index (χ3v) is 7.10. The molecule has 1 saturated heterocycles. The maximum absolute atomic E-state index is 13.3. The van der Waals surface area contributed by atoms with Crippen molar-refractivity contribution in [2.45, 2.75) is 4.90 Å². The molecule has 0 radical (unpaired) electrons. The van der Waals surface area contributed by atoms with Gasteiger partial charge in [0.2, 0.25) is 9.84 Å². The number of fused-ring (bicyclic) bond motifs is 1. The molecule has 8 nitrogen and oxygen atoms in total. The van der Waals surface area contributed by atoms with E-state index in [1.165, 1.54) is 36.4 Å². The summed E-state index contributed by atoms with van der Waals surface area (Å²) in [5, 5.41) is 0.349. The summed E-state index contributed by atoms with van der Waals surface area (Å²) in [6.45, 7) is 1.33. The molecule has 31 heavy (non-hydrogen) atoms. The zero-order chi connectivity index (χ0) is 22.2. The number of hydrogen-bond donors (Lipinski definition) is 0. The highest BCUT2D eigenvalue weighted by molar-refractivity contribution is 7.96. The molecule has 0 N–H and O–H groups in total. The molecule has 0 bridgehead atoms. The van der Waals surface area contributed by atoms with Gasteiger partial charge < -0.3 is 19.3 Å². The predicted molar refractivity (Wildman–Crippen MR) is 114 cm³/mol. The molecule has 0 aromatic heterocycles. The van der Waals surface area contributed by atoms with Gasteiger partial charge in [-0.05, 0) is 42.5 Å². The molecule has 2 aromatic carbocycles. The molecule has 10 heteroatoms. The van der Waals surface area contributed by atoms with Gasteiger partial charge in [0.1, 0.15) is 0 Å². The third-order valence-electron chi connectivity index (χ3n) is 5.08. The van der Waals surface area contributed by atoms with Gasteiger partial charge in [0.15, 0.2) is 4.91 Å². The number of halogens is 1. The second-order valence-electron chi connectivity index (χ2n) is 6.92. The van der Waals surface area contributed by atoms with E-state index in [2.05, 4.69) is 0 Å². The van der Waals surface area contributed by atoms with Crippen LogP contribution in [0.15, 0.2) is 58.5 Å². The molecule has 2 heterocycles. The SMILES string of the molecule is COC(=O)c1ccc(N2C=C(C(=O)N3CCOCC3)S(=O)(=O)c3ccc(Cl)cc32)cc1. The number of ether oxygens (including phenoxy) is 2. The van der Waals surface area contributed by atoms with Gasteiger partial charge in [0, 0.05) is 30.0 Å². The van der Waals surface area contributed by atoms with Crippen LogP contribution in [0.2, 0.25) is 5.02 Å². The van der Waals surface area contributed by atoms with E-state index in [1.54, 1.807) is 29.2 Å². The van der Waals surface area contributed by atoms with Crippen molar-refractivity contribution in [3.63, 3.8) is 0 Å². The van der Waals surface area contributed by atoms with Crippen LogP contribution in [0, 0.1) is 0 Å². The van der Waals surface area contributed by atoms with Gasteiger partial charge in [-0.2, -0.15) is 0 Å². The largest absolute Gasteiger partial charge is 0.465 e. The number of nitrogens with zero attached hydrogens (tertiary/aromatic N) is 2. The summed E-state index contributed by atoms with van der Waals surface area (Å²) in [4.78, 5) is 27.5. The monoisotopic (exact) mass is 462 g/mol. The summed E-state index contributed by atoms with van der Waals surface area (Å²) in [5.41, 5.74) is 1.21. The first kappa shape index (κ1) is 21.4. The number of morpholine rings is 1. The van der Waals surface area contributed by atoms with E-state index < -0.39 is 21.7 Å². The van der Waals surface area contributed by atoms with E-state index in [1.807, 2.05) is 0 Å². The van der Waals surface area contributed by atoms with Crippen molar-refractivity contribution in [1.29, 1.82) is 0 Å². The van der Waals surface area contributed by atoms with Crippen LogP contribution in [0.5, 0.6) is 0 Å². The van der Waals surface area contributed by atoms with E-state index in [-0.39, 0.29) is 9.80 Å². The minimum atomic E-state index is -4.06. The summed E-state index contributed by atoms with van der Waals surface area (Å²) >= 11 is 6.14. The average molecular weight is 463 g/mol. The quantitative estimate of drug-likeness (QED) is 0.647. The van der Waals surface area contributed by atoms with E-state index in [9.17, 15) is 18.0 Å². The van der Waals surface area contributed by atoms with Gasteiger partial charge in [-0.25, -0.2) is 13.2 Å². The molecule has 2 aliphatic rings. The summed E-state index contributed by atoms with van der Waals surface area (Å²) in [7, 11) is -2.77. The van der Waals surface area contributed by atoms with Gasteiger partial charge in [0.05, 0.1) is 36.5 Å². The Hall–Kier alpha value is -2.88. The number of hydrogen-bond acceptors (Lipinski definition) is 7. The molecule has 2 aromatic rings. The normalized spacial score (nSPS) is 17.5. The maximum atomic E-state index is 13.3. The molecule has 0 aliphatic carbocycles. The molecule has 1 fully saturated rings. The molecule has 0 spiro atoms. The first-order valence-electron chi connectivity index (χ1n) is 9.44. The molecular formula is C21H19ClN2O6S. The second kappa shape index (κ2) is 8.33. The molecule has 1 amide bonds. The Balaban J connectivity index is 1.83. The Morgan fingerprint density at radius 3 is 2.39 bits per heavy atom. The maximum Gasteiger partial charge on any atom is 0.337 e. The second-order valence-corrected chi connectivity index (χ2v) is 9.24. The van der Waals surface area contributed by atoms with Crippen LogP contribution in [0.25, 0.3) is 0 Å². The van der Waals surface area contributed by atoms with Crippen LogP contribution in [0.4, 0.5) is 11.4 Å². The van der Waals surface area contributed by atoms with Crippen molar-refractivity contribution in [3.05, 3.63) is 64.2 Å². The van der Waals surface area contributed by atoms with E-state index in [4.69, 9.17) is 21.1 Å². The van der Waals surface area contributed by atoms with Gasteiger partial charge in [-0.3, -0.25) is 4.79 Å². The number of esters is 1. The number of anilines is 2. The van der Waals surface area contributed by atoms with Gasteiger partial charge >= 0.3 is 5.97 Å².